The fourth-order valence-corrected chi connectivity index (χ4v) is 1.36. The lowest BCUT2D eigenvalue weighted by molar-refractivity contribution is -0.141. The average Bonchev–Trinajstić information content (AvgIpc) is 2.36. The van der Waals surface area contributed by atoms with E-state index in [4.69, 9.17) is 0 Å². The van der Waals surface area contributed by atoms with Crippen molar-refractivity contribution >= 4 is 5.95 Å². The summed E-state index contributed by atoms with van der Waals surface area (Å²) in [4.78, 5) is 20.6. The molecule has 0 bridgehead atoms. The minimum atomic E-state index is -4.66. The standard InChI is InChI=1S/C11H9F3N4O/c12-11(13,14)8-5-9(19)18-10(17-8)16-6-7-3-1-2-4-15-7/h1-5H,6H2,(H2,16,17,18,19). The molecule has 2 heterocycles. The third-order valence-corrected chi connectivity index (χ3v) is 2.20. The molecule has 2 aromatic rings. The minimum absolute atomic E-state index is 0.158. The molecule has 0 amide bonds. The highest BCUT2D eigenvalue weighted by atomic mass is 19.4. The molecule has 0 atom stereocenters. The summed E-state index contributed by atoms with van der Waals surface area (Å²) in [5.74, 6) is -0.245. The van der Waals surface area contributed by atoms with Crippen LogP contribution in [0.15, 0.2) is 35.3 Å². The topological polar surface area (TPSA) is 70.7 Å². The molecule has 0 saturated carbocycles. The number of anilines is 1. The third kappa shape index (κ3) is 3.54. The Morgan fingerprint density at radius 2 is 2.11 bits per heavy atom. The van der Waals surface area contributed by atoms with Crippen molar-refractivity contribution in [3.05, 3.63) is 52.2 Å². The van der Waals surface area contributed by atoms with Gasteiger partial charge in [0.2, 0.25) is 5.95 Å². The summed E-state index contributed by atoms with van der Waals surface area (Å²) >= 11 is 0. The van der Waals surface area contributed by atoms with E-state index >= 15 is 0 Å². The second kappa shape index (κ2) is 5.09. The van der Waals surface area contributed by atoms with E-state index in [0.717, 1.165) is 0 Å². The number of aromatic nitrogens is 3. The molecular formula is C11H9F3N4O. The number of aromatic amines is 1. The first-order valence-electron chi connectivity index (χ1n) is 5.27. The molecule has 19 heavy (non-hydrogen) atoms. The van der Waals surface area contributed by atoms with E-state index in [9.17, 15) is 18.0 Å². The molecule has 0 unspecified atom stereocenters. The van der Waals surface area contributed by atoms with Crippen LogP contribution in [0.2, 0.25) is 0 Å². The Balaban J connectivity index is 2.17. The quantitative estimate of drug-likeness (QED) is 0.892. The predicted molar refractivity (Wildman–Crippen MR) is 61.4 cm³/mol. The number of rotatable bonds is 3. The van der Waals surface area contributed by atoms with Crippen LogP contribution in [-0.2, 0) is 12.7 Å². The normalized spacial score (nSPS) is 11.3. The molecule has 0 aliphatic rings. The number of H-pyrrole nitrogens is 1. The highest BCUT2D eigenvalue weighted by Gasteiger charge is 2.33. The van der Waals surface area contributed by atoms with Crippen molar-refractivity contribution in [1.82, 2.24) is 15.0 Å². The van der Waals surface area contributed by atoms with Crippen LogP contribution in [0.1, 0.15) is 11.4 Å². The van der Waals surface area contributed by atoms with Crippen LogP contribution in [-0.4, -0.2) is 15.0 Å². The number of hydrogen-bond acceptors (Lipinski definition) is 4. The lowest BCUT2D eigenvalue weighted by atomic mass is 10.3. The number of hydrogen-bond donors (Lipinski definition) is 2. The van der Waals surface area contributed by atoms with Crippen LogP contribution in [0, 0.1) is 0 Å². The molecule has 2 N–H and O–H groups in total. The van der Waals surface area contributed by atoms with Gasteiger partial charge in [0.1, 0.15) is 0 Å². The molecule has 100 valence electrons. The summed E-state index contributed by atoms with van der Waals surface area (Å²) in [7, 11) is 0. The molecule has 2 rings (SSSR count). The smallest absolute Gasteiger partial charge is 0.350 e. The van der Waals surface area contributed by atoms with Crippen molar-refractivity contribution in [2.75, 3.05) is 5.32 Å². The molecule has 0 spiro atoms. The molecule has 0 radical (unpaired) electrons. The van der Waals surface area contributed by atoms with Gasteiger partial charge in [0.05, 0.1) is 12.2 Å². The molecule has 5 nitrogen and oxygen atoms in total. The van der Waals surface area contributed by atoms with Crippen molar-refractivity contribution in [3.63, 3.8) is 0 Å². The Morgan fingerprint density at radius 3 is 2.74 bits per heavy atom. The number of alkyl halides is 3. The first kappa shape index (κ1) is 13.1. The van der Waals surface area contributed by atoms with Crippen molar-refractivity contribution in [2.45, 2.75) is 12.7 Å². The summed E-state index contributed by atoms with van der Waals surface area (Å²) in [5, 5.41) is 2.59. The highest BCUT2D eigenvalue weighted by Crippen LogP contribution is 2.26. The molecule has 2 aromatic heterocycles. The summed E-state index contributed by atoms with van der Waals surface area (Å²) in [6.45, 7) is 0.158. The Kier molecular flexibility index (Phi) is 3.50. The second-order valence-electron chi connectivity index (χ2n) is 3.65. The molecule has 0 aliphatic carbocycles. The Labute approximate surface area is 105 Å². The van der Waals surface area contributed by atoms with E-state index in [2.05, 4.69) is 20.3 Å². The molecular weight excluding hydrogens is 261 g/mol. The molecule has 8 heteroatoms. The van der Waals surface area contributed by atoms with Gasteiger partial charge in [-0.25, -0.2) is 4.98 Å². The van der Waals surface area contributed by atoms with Gasteiger partial charge >= 0.3 is 6.18 Å². The zero-order valence-electron chi connectivity index (χ0n) is 9.53. The molecule has 0 aliphatic heterocycles. The number of halogens is 3. The van der Waals surface area contributed by atoms with Crippen molar-refractivity contribution in [1.29, 1.82) is 0 Å². The van der Waals surface area contributed by atoms with Crippen LogP contribution in [0.3, 0.4) is 0 Å². The second-order valence-corrected chi connectivity index (χ2v) is 3.65. The Morgan fingerprint density at radius 1 is 1.32 bits per heavy atom. The van der Waals surface area contributed by atoms with Gasteiger partial charge in [0.25, 0.3) is 5.56 Å². The molecule has 0 saturated heterocycles. The van der Waals surface area contributed by atoms with Crippen molar-refractivity contribution in [3.8, 4) is 0 Å². The van der Waals surface area contributed by atoms with Gasteiger partial charge in [-0.15, -0.1) is 0 Å². The zero-order valence-corrected chi connectivity index (χ0v) is 9.53. The monoisotopic (exact) mass is 270 g/mol. The number of pyridine rings is 1. The van der Waals surface area contributed by atoms with E-state index < -0.39 is 17.4 Å². The Hall–Kier alpha value is -2.38. The summed E-state index contributed by atoms with van der Waals surface area (Å²) in [6.07, 6.45) is -3.10. The minimum Gasteiger partial charge on any atom is -0.350 e. The summed E-state index contributed by atoms with van der Waals surface area (Å²) in [5.41, 5.74) is -1.49. The number of nitrogens with one attached hydrogen (secondary N) is 2. The fraction of sp³-hybridized carbons (Fsp3) is 0.182. The van der Waals surface area contributed by atoms with Crippen molar-refractivity contribution < 1.29 is 13.2 Å². The third-order valence-electron chi connectivity index (χ3n) is 2.20. The van der Waals surface area contributed by atoms with E-state index in [1.54, 1.807) is 24.4 Å². The van der Waals surface area contributed by atoms with Crippen LogP contribution in [0.5, 0.6) is 0 Å². The summed E-state index contributed by atoms with van der Waals surface area (Å²) < 4.78 is 37.4. The van der Waals surface area contributed by atoms with Gasteiger partial charge in [-0.05, 0) is 12.1 Å². The van der Waals surface area contributed by atoms with Crippen LogP contribution in [0.4, 0.5) is 19.1 Å². The van der Waals surface area contributed by atoms with Crippen LogP contribution < -0.4 is 10.9 Å². The average molecular weight is 270 g/mol. The Bertz CT molecular complexity index is 609. The molecule has 0 aromatic carbocycles. The van der Waals surface area contributed by atoms with Gasteiger partial charge in [-0.3, -0.25) is 14.8 Å². The maximum Gasteiger partial charge on any atom is 0.433 e. The van der Waals surface area contributed by atoms with Gasteiger partial charge in [-0.1, -0.05) is 6.07 Å². The van der Waals surface area contributed by atoms with Gasteiger partial charge in [0, 0.05) is 12.3 Å². The first-order chi connectivity index (χ1) is 8.95. The maximum absolute atomic E-state index is 12.5. The fourth-order valence-electron chi connectivity index (χ4n) is 1.36. The van der Waals surface area contributed by atoms with Crippen LogP contribution >= 0.6 is 0 Å². The van der Waals surface area contributed by atoms with Crippen molar-refractivity contribution in [2.24, 2.45) is 0 Å². The lowest BCUT2D eigenvalue weighted by Gasteiger charge is -2.08. The van der Waals surface area contributed by atoms with E-state index in [1.807, 2.05) is 0 Å². The van der Waals surface area contributed by atoms with E-state index in [-0.39, 0.29) is 12.5 Å². The van der Waals surface area contributed by atoms with E-state index in [1.165, 1.54) is 0 Å². The van der Waals surface area contributed by atoms with E-state index in [0.29, 0.717) is 11.8 Å². The van der Waals surface area contributed by atoms with Gasteiger partial charge in [-0.2, -0.15) is 13.2 Å². The van der Waals surface area contributed by atoms with Crippen LogP contribution in [0.25, 0.3) is 0 Å². The molecule has 0 fully saturated rings. The van der Waals surface area contributed by atoms with Gasteiger partial charge in [0.15, 0.2) is 5.69 Å². The number of nitrogens with zero attached hydrogens (tertiary/aromatic N) is 2. The van der Waals surface area contributed by atoms with Gasteiger partial charge < -0.3 is 5.32 Å². The zero-order chi connectivity index (χ0) is 13.9. The first-order valence-corrected chi connectivity index (χ1v) is 5.27. The highest BCUT2D eigenvalue weighted by molar-refractivity contribution is 5.27. The largest absolute Gasteiger partial charge is 0.433 e. The predicted octanol–water partition coefficient (Wildman–Crippen LogP) is 1.80. The SMILES string of the molecule is O=c1cc(C(F)(F)F)nc(NCc2ccccn2)[nH]1. The lowest BCUT2D eigenvalue weighted by Crippen LogP contribution is -2.18. The maximum atomic E-state index is 12.5. The summed E-state index contributed by atoms with van der Waals surface area (Å²) in [6, 6.07) is 5.56.